The maximum atomic E-state index is 13.3. The maximum Gasteiger partial charge on any atom is 0.332 e. The summed E-state index contributed by atoms with van der Waals surface area (Å²) in [6.45, 7) is 0.287. The van der Waals surface area contributed by atoms with Gasteiger partial charge in [-0.25, -0.2) is 4.79 Å². The molecular formula is C24H22ClN3O4S. The van der Waals surface area contributed by atoms with Crippen LogP contribution in [0, 0.1) is 0 Å². The van der Waals surface area contributed by atoms with Crippen LogP contribution in [0.5, 0.6) is 5.75 Å². The van der Waals surface area contributed by atoms with Crippen LogP contribution in [-0.2, 0) is 24.3 Å². The van der Waals surface area contributed by atoms with E-state index in [9.17, 15) is 14.4 Å². The number of methoxy groups -OCH3 is 1. The molecule has 0 aliphatic heterocycles. The fraction of sp³-hybridized carbons (Fsp3) is 0.208. The number of halogens is 1. The van der Waals surface area contributed by atoms with Crippen LogP contribution in [0.15, 0.2) is 69.6 Å². The summed E-state index contributed by atoms with van der Waals surface area (Å²) >= 11 is 7.15. The minimum Gasteiger partial charge on any atom is -0.496 e. The average Bonchev–Trinajstić information content (AvgIpc) is 3.31. The third kappa shape index (κ3) is 5.02. The summed E-state index contributed by atoms with van der Waals surface area (Å²) < 4.78 is 8.29. The first-order chi connectivity index (χ1) is 16.0. The van der Waals surface area contributed by atoms with Gasteiger partial charge < -0.3 is 10.1 Å². The topological polar surface area (TPSA) is 82.3 Å². The first kappa shape index (κ1) is 22.8. The summed E-state index contributed by atoms with van der Waals surface area (Å²) in [6, 6.07) is 16.3. The van der Waals surface area contributed by atoms with Gasteiger partial charge in [0.2, 0.25) is 5.91 Å². The Morgan fingerprint density at radius 2 is 1.82 bits per heavy atom. The van der Waals surface area contributed by atoms with E-state index in [0.717, 1.165) is 10.1 Å². The molecule has 0 atom stereocenters. The van der Waals surface area contributed by atoms with Gasteiger partial charge >= 0.3 is 5.69 Å². The molecule has 0 aliphatic carbocycles. The Hall–Kier alpha value is -3.36. The zero-order chi connectivity index (χ0) is 23.4. The lowest BCUT2D eigenvalue weighted by Crippen LogP contribution is -2.42. The van der Waals surface area contributed by atoms with Crippen LogP contribution in [0.1, 0.15) is 11.1 Å². The van der Waals surface area contributed by atoms with Crippen LogP contribution in [0.2, 0.25) is 5.02 Å². The Bertz CT molecular complexity index is 1410. The van der Waals surface area contributed by atoms with E-state index in [1.54, 1.807) is 35.7 Å². The summed E-state index contributed by atoms with van der Waals surface area (Å²) in [5.41, 5.74) is 1.29. The van der Waals surface area contributed by atoms with Gasteiger partial charge in [-0.2, -0.15) is 0 Å². The lowest BCUT2D eigenvalue weighted by molar-refractivity contribution is -0.121. The second kappa shape index (κ2) is 10.1. The molecule has 4 aromatic rings. The summed E-state index contributed by atoms with van der Waals surface area (Å²) in [4.78, 5) is 38.9. The number of hydrogen-bond donors (Lipinski definition) is 1. The monoisotopic (exact) mass is 483 g/mol. The molecule has 33 heavy (non-hydrogen) atoms. The van der Waals surface area contributed by atoms with Crippen LogP contribution in [0.4, 0.5) is 0 Å². The molecular weight excluding hydrogens is 462 g/mol. The number of carbonyl (C=O) groups is 1. The Labute approximate surface area is 198 Å². The predicted molar refractivity (Wildman–Crippen MR) is 131 cm³/mol. The van der Waals surface area contributed by atoms with Crippen molar-refractivity contribution in [1.29, 1.82) is 0 Å². The highest BCUT2D eigenvalue weighted by atomic mass is 35.5. The van der Waals surface area contributed by atoms with Crippen molar-refractivity contribution in [2.45, 2.75) is 19.5 Å². The molecule has 0 aliphatic rings. The van der Waals surface area contributed by atoms with Crippen molar-refractivity contribution < 1.29 is 9.53 Å². The number of aromatic nitrogens is 2. The Morgan fingerprint density at radius 1 is 1.06 bits per heavy atom. The Kier molecular flexibility index (Phi) is 6.96. The van der Waals surface area contributed by atoms with E-state index in [-0.39, 0.29) is 24.6 Å². The van der Waals surface area contributed by atoms with E-state index in [2.05, 4.69) is 5.32 Å². The van der Waals surface area contributed by atoms with Crippen molar-refractivity contribution in [3.8, 4) is 5.75 Å². The first-order valence-electron chi connectivity index (χ1n) is 10.3. The molecule has 0 saturated heterocycles. The molecule has 1 amide bonds. The minimum atomic E-state index is -0.537. The van der Waals surface area contributed by atoms with Crippen molar-refractivity contribution in [1.82, 2.24) is 14.5 Å². The smallest absolute Gasteiger partial charge is 0.332 e. The third-order valence-electron chi connectivity index (χ3n) is 5.31. The zero-order valence-electron chi connectivity index (χ0n) is 17.9. The molecule has 2 aromatic heterocycles. The van der Waals surface area contributed by atoms with Gasteiger partial charge in [0.15, 0.2) is 0 Å². The molecule has 0 bridgehead atoms. The third-order valence-corrected chi connectivity index (χ3v) is 6.45. The molecule has 0 radical (unpaired) electrons. The average molecular weight is 484 g/mol. The molecule has 0 unspecified atom stereocenters. The number of nitrogens with zero attached hydrogens (tertiary/aromatic N) is 2. The molecule has 1 N–H and O–H groups in total. The number of nitrogens with one attached hydrogen (secondary N) is 1. The van der Waals surface area contributed by atoms with Gasteiger partial charge in [0.25, 0.3) is 5.56 Å². The standard InChI is InChI=1S/C24H22ClN3O4S/c1-32-20-5-3-2-4-17(20)14-28-23(30)22-19(11-13-33-22)27(24(28)31)15-21(29)26-12-10-16-6-8-18(25)9-7-16/h2-9,11,13H,10,12,14-15H2,1H3,(H,26,29). The number of para-hydroxylation sites is 1. The van der Waals surface area contributed by atoms with E-state index >= 15 is 0 Å². The van der Waals surface area contributed by atoms with Gasteiger partial charge in [0.1, 0.15) is 17.0 Å². The first-order valence-corrected chi connectivity index (χ1v) is 11.6. The number of hydrogen-bond acceptors (Lipinski definition) is 5. The minimum absolute atomic E-state index is 0.0493. The SMILES string of the molecule is COc1ccccc1Cn1c(=O)c2sccc2n(CC(=O)NCCc2ccc(Cl)cc2)c1=O. The second-order valence-corrected chi connectivity index (χ2v) is 8.79. The molecule has 0 spiro atoms. The number of carbonyl (C=O) groups excluding carboxylic acids is 1. The number of rotatable bonds is 8. The summed E-state index contributed by atoms with van der Waals surface area (Å²) in [5, 5.41) is 5.25. The van der Waals surface area contributed by atoms with Gasteiger partial charge in [-0.3, -0.25) is 18.7 Å². The molecule has 7 nitrogen and oxygen atoms in total. The van der Waals surface area contributed by atoms with Crippen LogP contribution >= 0.6 is 22.9 Å². The molecule has 9 heteroatoms. The van der Waals surface area contributed by atoms with Gasteiger partial charge in [-0.15, -0.1) is 11.3 Å². The van der Waals surface area contributed by atoms with E-state index in [4.69, 9.17) is 16.3 Å². The summed E-state index contributed by atoms with van der Waals surface area (Å²) in [5.74, 6) is 0.280. The van der Waals surface area contributed by atoms with E-state index in [0.29, 0.717) is 39.5 Å². The van der Waals surface area contributed by atoms with E-state index in [1.165, 1.54) is 23.0 Å². The number of benzene rings is 2. The largest absolute Gasteiger partial charge is 0.496 e. The fourth-order valence-corrected chi connectivity index (χ4v) is 4.60. The molecule has 2 aromatic carbocycles. The highest BCUT2D eigenvalue weighted by Crippen LogP contribution is 2.19. The van der Waals surface area contributed by atoms with Gasteiger partial charge in [-0.1, -0.05) is 41.9 Å². The zero-order valence-corrected chi connectivity index (χ0v) is 19.5. The molecule has 0 saturated carbocycles. The van der Waals surface area contributed by atoms with Crippen molar-refractivity contribution >= 4 is 39.1 Å². The lowest BCUT2D eigenvalue weighted by Gasteiger charge is -2.14. The van der Waals surface area contributed by atoms with Gasteiger partial charge in [0.05, 0.1) is 19.2 Å². The normalized spacial score (nSPS) is 11.0. The van der Waals surface area contributed by atoms with Crippen molar-refractivity contribution in [2.75, 3.05) is 13.7 Å². The maximum absolute atomic E-state index is 13.3. The van der Waals surface area contributed by atoms with Gasteiger partial charge in [-0.05, 0) is 41.6 Å². The quantitative estimate of drug-likeness (QED) is 0.417. The Morgan fingerprint density at radius 3 is 2.58 bits per heavy atom. The number of fused-ring (bicyclic) bond motifs is 1. The number of ether oxygens (including phenoxy) is 1. The molecule has 0 fully saturated rings. The van der Waals surface area contributed by atoms with Crippen molar-refractivity contribution in [3.63, 3.8) is 0 Å². The summed E-state index contributed by atoms with van der Waals surface area (Å²) in [7, 11) is 1.54. The summed E-state index contributed by atoms with van der Waals surface area (Å²) in [6.07, 6.45) is 0.638. The molecule has 4 rings (SSSR count). The van der Waals surface area contributed by atoms with Gasteiger partial charge in [0, 0.05) is 17.1 Å². The number of thiophene rings is 1. The van der Waals surface area contributed by atoms with Crippen LogP contribution in [-0.4, -0.2) is 28.7 Å². The van der Waals surface area contributed by atoms with Crippen molar-refractivity contribution in [2.24, 2.45) is 0 Å². The number of amides is 1. The van der Waals surface area contributed by atoms with E-state index < -0.39 is 5.69 Å². The predicted octanol–water partition coefficient (Wildman–Crippen LogP) is 3.29. The second-order valence-electron chi connectivity index (χ2n) is 7.43. The van der Waals surface area contributed by atoms with Crippen LogP contribution < -0.4 is 21.3 Å². The lowest BCUT2D eigenvalue weighted by atomic mass is 10.1. The molecule has 2 heterocycles. The highest BCUT2D eigenvalue weighted by molar-refractivity contribution is 7.17. The Balaban J connectivity index is 1.57. The van der Waals surface area contributed by atoms with Crippen molar-refractivity contribution in [3.05, 3.63) is 97.0 Å². The highest BCUT2D eigenvalue weighted by Gasteiger charge is 2.17. The van der Waals surface area contributed by atoms with Crippen LogP contribution in [0.25, 0.3) is 10.2 Å². The fourth-order valence-electron chi connectivity index (χ4n) is 3.63. The van der Waals surface area contributed by atoms with E-state index in [1.807, 2.05) is 24.3 Å². The van der Waals surface area contributed by atoms with Crippen LogP contribution in [0.3, 0.4) is 0 Å². The molecule has 170 valence electrons.